The average Bonchev–Trinajstić information content (AvgIpc) is 2.33. The highest BCUT2D eigenvalue weighted by atomic mass is 35.5. The fraction of sp³-hybridized carbons (Fsp3) is 0.538. The lowest BCUT2D eigenvalue weighted by molar-refractivity contribution is 0.171. The summed E-state index contributed by atoms with van der Waals surface area (Å²) in [6.07, 6.45) is 0. The second-order valence-electron chi connectivity index (χ2n) is 4.82. The van der Waals surface area contributed by atoms with Crippen LogP contribution >= 0.6 is 11.6 Å². The molecule has 0 atom stereocenters. The Morgan fingerprint density at radius 2 is 2.00 bits per heavy atom. The van der Waals surface area contributed by atoms with Gasteiger partial charge in [-0.05, 0) is 38.5 Å². The molecule has 0 spiro atoms. The van der Waals surface area contributed by atoms with Crippen molar-refractivity contribution in [2.75, 3.05) is 26.0 Å². The monoisotopic (exact) mass is 320 g/mol. The van der Waals surface area contributed by atoms with Crippen molar-refractivity contribution in [3.8, 4) is 0 Å². The fourth-order valence-electron chi connectivity index (χ4n) is 1.91. The summed E-state index contributed by atoms with van der Waals surface area (Å²) in [5.74, 6) is 0. The third-order valence-electron chi connectivity index (χ3n) is 3.04. The molecule has 0 aromatic heterocycles. The van der Waals surface area contributed by atoms with Crippen LogP contribution in [-0.4, -0.2) is 39.0 Å². The third kappa shape index (κ3) is 3.63. The molecular formula is C13H21ClN2O3S. The number of sulfonamides is 1. The number of nitrogen functional groups attached to an aromatic ring is 1. The second kappa shape index (κ2) is 6.76. The van der Waals surface area contributed by atoms with Crippen LogP contribution in [0.3, 0.4) is 0 Å². The van der Waals surface area contributed by atoms with Crippen molar-refractivity contribution in [3.63, 3.8) is 0 Å². The molecule has 0 saturated heterocycles. The van der Waals surface area contributed by atoms with Gasteiger partial charge in [-0.1, -0.05) is 11.6 Å². The number of anilines is 1. The van der Waals surface area contributed by atoms with Crippen LogP contribution in [0, 0.1) is 6.92 Å². The molecule has 20 heavy (non-hydrogen) atoms. The largest absolute Gasteiger partial charge is 0.398 e. The maximum atomic E-state index is 12.8. The Labute approximate surface area is 125 Å². The molecule has 1 aromatic rings. The molecular weight excluding hydrogens is 300 g/mol. The van der Waals surface area contributed by atoms with Gasteiger partial charge in [-0.2, -0.15) is 4.31 Å². The topological polar surface area (TPSA) is 72.6 Å². The predicted molar refractivity (Wildman–Crippen MR) is 81.5 cm³/mol. The summed E-state index contributed by atoms with van der Waals surface area (Å²) in [5.41, 5.74) is 6.68. The lowest BCUT2D eigenvalue weighted by Gasteiger charge is -2.26. The lowest BCUT2D eigenvalue weighted by Crippen LogP contribution is -2.39. The Morgan fingerprint density at radius 3 is 2.50 bits per heavy atom. The molecule has 5 nitrogen and oxygen atoms in total. The van der Waals surface area contributed by atoms with Crippen LogP contribution in [0.15, 0.2) is 17.0 Å². The van der Waals surface area contributed by atoms with Gasteiger partial charge < -0.3 is 10.5 Å². The molecule has 0 bridgehead atoms. The molecule has 0 aliphatic carbocycles. The molecule has 114 valence electrons. The summed E-state index contributed by atoms with van der Waals surface area (Å²) < 4.78 is 31.9. The number of halogens is 1. The smallest absolute Gasteiger partial charge is 0.243 e. The van der Waals surface area contributed by atoms with Gasteiger partial charge in [-0.25, -0.2) is 8.42 Å². The van der Waals surface area contributed by atoms with E-state index in [0.717, 1.165) is 0 Å². The van der Waals surface area contributed by atoms with Crippen molar-refractivity contribution in [1.82, 2.24) is 4.31 Å². The van der Waals surface area contributed by atoms with E-state index in [-0.39, 0.29) is 17.5 Å². The molecule has 1 rings (SSSR count). The Balaban J connectivity index is 3.33. The minimum Gasteiger partial charge on any atom is -0.398 e. The summed E-state index contributed by atoms with van der Waals surface area (Å²) in [6.45, 7) is 5.91. The van der Waals surface area contributed by atoms with Gasteiger partial charge in [0.05, 0.1) is 11.5 Å². The molecule has 0 radical (unpaired) electrons. The summed E-state index contributed by atoms with van der Waals surface area (Å²) in [7, 11) is -2.12. The normalized spacial score (nSPS) is 12.3. The first-order chi connectivity index (χ1) is 9.21. The van der Waals surface area contributed by atoms with Crippen molar-refractivity contribution in [2.45, 2.75) is 31.7 Å². The van der Waals surface area contributed by atoms with E-state index in [1.165, 1.54) is 17.5 Å². The number of methoxy groups -OCH3 is 1. The predicted octanol–water partition coefficient (Wildman–Crippen LogP) is 2.28. The minimum atomic E-state index is -3.66. The number of rotatable bonds is 6. The first-order valence-corrected chi connectivity index (χ1v) is 8.10. The summed E-state index contributed by atoms with van der Waals surface area (Å²) in [5, 5.41) is 0.308. The van der Waals surface area contributed by atoms with E-state index >= 15 is 0 Å². The summed E-state index contributed by atoms with van der Waals surface area (Å²) in [4.78, 5) is 0.146. The number of hydrogen-bond acceptors (Lipinski definition) is 4. The van der Waals surface area contributed by atoms with Crippen molar-refractivity contribution in [3.05, 3.63) is 22.7 Å². The van der Waals surface area contributed by atoms with Crippen molar-refractivity contribution in [1.29, 1.82) is 0 Å². The van der Waals surface area contributed by atoms with Crippen LogP contribution in [0.25, 0.3) is 0 Å². The maximum Gasteiger partial charge on any atom is 0.243 e. The van der Waals surface area contributed by atoms with E-state index in [2.05, 4.69) is 0 Å². The molecule has 0 amide bonds. The maximum absolute atomic E-state index is 12.8. The van der Waals surface area contributed by atoms with Gasteiger partial charge in [0.2, 0.25) is 10.0 Å². The zero-order chi connectivity index (χ0) is 15.5. The van der Waals surface area contributed by atoms with E-state index in [0.29, 0.717) is 22.9 Å². The number of hydrogen-bond donors (Lipinski definition) is 1. The molecule has 0 aliphatic heterocycles. The SMILES string of the molecule is COCCN(C(C)C)S(=O)(=O)c1cc(Cl)cc(N)c1C. The summed E-state index contributed by atoms with van der Waals surface area (Å²) in [6, 6.07) is 2.80. The van der Waals surface area contributed by atoms with Crippen LogP contribution in [0.1, 0.15) is 19.4 Å². The van der Waals surface area contributed by atoms with Crippen molar-refractivity contribution < 1.29 is 13.2 Å². The van der Waals surface area contributed by atoms with Gasteiger partial charge in [0.25, 0.3) is 0 Å². The zero-order valence-electron chi connectivity index (χ0n) is 12.2. The van der Waals surface area contributed by atoms with Gasteiger partial charge in [-0.3, -0.25) is 0 Å². The third-order valence-corrected chi connectivity index (χ3v) is 5.46. The van der Waals surface area contributed by atoms with Gasteiger partial charge in [0, 0.05) is 30.4 Å². The molecule has 2 N–H and O–H groups in total. The van der Waals surface area contributed by atoms with Crippen LogP contribution in [0.4, 0.5) is 5.69 Å². The second-order valence-corrected chi connectivity index (χ2v) is 7.12. The van der Waals surface area contributed by atoms with E-state index in [1.54, 1.807) is 13.0 Å². The Kier molecular flexibility index (Phi) is 5.82. The van der Waals surface area contributed by atoms with E-state index in [1.807, 2.05) is 13.8 Å². The standard InChI is InChI=1S/C13H21ClN2O3S/c1-9(2)16(5-6-19-4)20(17,18)13-8-11(14)7-12(15)10(13)3/h7-9H,5-6,15H2,1-4H3. The van der Waals surface area contributed by atoms with Crippen molar-refractivity contribution in [2.24, 2.45) is 0 Å². The first kappa shape index (κ1) is 17.2. The molecule has 0 saturated carbocycles. The Bertz CT molecular complexity index is 573. The highest BCUT2D eigenvalue weighted by molar-refractivity contribution is 7.89. The minimum absolute atomic E-state index is 0.146. The highest BCUT2D eigenvalue weighted by Crippen LogP contribution is 2.29. The molecule has 0 fully saturated rings. The quantitative estimate of drug-likeness (QED) is 0.816. The summed E-state index contributed by atoms with van der Waals surface area (Å²) >= 11 is 5.93. The molecule has 0 aliphatic rings. The van der Waals surface area contributed by atoms with E-state index in [4.69, 9.17) is 22.1 Å². The number of ether oxygens (including phenoxy) is 1. The van der Waals surface area contributed by atoms with Gasteiger partial charge in [0.1, 0.15) is 0 Å². The van der Waals surface area contributed by atoms with Gasteiger partial charge in [-0.15, -0.1) is 0 Å². The molecule has 7 heteroatoms. The van der Waals surface area contributed by atoms with Crippen LogP contribution < -0.4 is 5.73 Å². The van der Waals surface area contributed by atoms with E-state index < -0.39 is 10.0 Å². The molecule has 1 aromatic carbocycles. The highest BCUT2D eigenvalue weighted by Gasteiger charge is 2.29. The number of nitrogens with two attached hydrogens (primary N) is 1. The lowest BCUT2D eigenvalue weighted by atomic mass is 10.2. The Morgan fingerprint density at radius 1 is 1.40 bits per heavy atom. The number of benzene rings is 1. The number of nitrogens with zero attached hydrogens (tertiary/aromatic N) is 1. The van der Waals surface area contributed by atoms with Crippen LogP contribution in [-0.2, 0) is 14.8 Å². The van der Waals surface area contributed by atoms with Gasteiger partial charge in [0.15, 0.2) is 0 Å². The fourth-order valence-corrected chi connectivity index (χ4v) is 4.10. The van der Waals surface area contributed by atoms with E-state index in [9.17, 15) is 8.42 Å². The average molecular weight is 321 g/mol. The molecule has 0 heterocycles. The zero-order valence-corrected chi connectivity index (χ0v) is 13.8. The van der Waals surface area contributed by atoms with Crippen LogP contribution in [0.2, 0.25) is 5.02 Å². The first-order valence-electron chi connectivity index (χ1n) is 6.28. The van der Waals surface area contributed by atoms with Gasteiger partial charge >= 0.3 is 0 Å². The molecule has 0 unspecified atom stereocenters. The Hall–Kier alpha value is -0.820. The van der Waals surface area contributed by atoms with Crippen molar-refractivity contribution >= 4 is 27.3 Å². The van der Waals surface area contributed by atoms with Crippen LogP contribution in [0.5, 0.6) is 0 Å².